The van der Waals surface area contributed by atoms with Gasteiger partial charge in [0.25, 0.3) is 0 Å². The molecule has 0 saturated carbocycles. The van der Waals surface area contributed by atoms with Crippen molar-refractivity contribution in [2.24, 2.45) is 5.73 Å². The van der Waals surface area contributed by atoms with Crippen molar-refractivity contribution in [2.45, 2.75) is 142 Å². The van der Waals surface area contributed by atoms with Gasteiger partial charge in [0.2, 0.25) is 0 Å². The summed E-state index contributed by atoms with van der Waals surface area (Å²) in [5, 5.41) is 8.88. The van der Waals surface area contributed by atoms with E-state index in [0.717, 1.165) is 96.3 Å². The zero-order valence-electron chi connectivity index (χ0n) is 34.9. The van der Waals surface area contributed by atoms with Gasteiger partial charge in [-0.2, -0.15) is 0 Å². The third-order valence-electron chi connectivity index (χ3n) is 8.06. The molecule has 0 aliphatic rings. The van der Waals surface area contributed by atoms with E-state index in [1.54, 1.807) is 0 Å². The highest BCUT2D eigenvalue weighted by Crippen LogP contribution is 2.43. The molecule has 3 atom stereocenters. The fourth-order valence-electron chi connectivity index (χ4n) is 4.88. The molecule has 322 valence electrons. The van der Waals surface area contributed by atoms with Crippen LogP contribution in [0.3, 0.4) is 0 Å². The van der Waals surface area contributed by atoms with Gasteiger partial charge >= 0.3 is 19.8 Å². The van der Waals surface area contributed by atoms with Gasteiger partial charge in [-0.05, 0) is 83.5 Å². The second kappa shape index (κ2) is 40.8. The number of aliphatic carboxylic acids is 1. The molecule has 0 heterocycles. The fourth-order valence-corrected chi connectivity index (χ4v) is 5.66. The first-order valence-electron chi connectivity index (χ1n) is 20.9. The second-order valence-corrected chi connectivity index (χ2v) is 14.8. The van der Waals surface area contributed by atoms with Gasteiger partial charge in [0.05, 0.1) is 19.8 Å². The summed E-state index contributed by atoms with van der Waals surface area (Å²) >= 11 is 0. The number of carboxylic acids is 1. The largest absolute Gasteiger partial charge is 0.480 e. The Balaban J connectivity index is 4.36. The molecule has 0 radical (unpaired) electrons. The molecule has 10 nitrogen and oxygen atoms in total. The molecule has 0 saturated heterocycles. The Labute approximate surface area is 344 Å². The highest BCUT2D eigenvalue weighted by atomic mass is 31.2. The number of esters is 1. The highest BCUT2D eigenvalue weighted by Gasteiger charge is 2.27. The molecule has 11 heteroatoms. The topological polar surface area (TPSA) is 155 Å². The molecule has 3 unspecified atom stereocenters. The molecule has 0 fully saturated rings. The average Bonchev–Trinajstić information content (AvgIpc) is 3.19. The van der Waals surface area contributed by atoms with E-state index in [9.17, 15) is 19.0 Å². The third kappa shape index (κ3) is 40.6. The van der Waals surface area contributed by atoms with Crippen molar-refractivity contribution in [1.29, 1.82) is 0 Å². The zero-order chi connectivity index (χ0) is 41.9. The van der Waals surface area contributed by atoms with Gasteiger partial charge in [0.15, 0.2) is 0 Å². The summed E-state index contributed by atoms with van der Waals surface area (Å²) < 4.78 is 33.2. The lowest BCUT2D eigenvalue weighted by Crippen LogP contribution is -2.34. The minimum Gasteiger partial charge on any atom is -0.480 e. The highest BCUT2D eigenvalue weighted by molar-refractivity contribution is 7.47. The smallest absolute Gasteiger partial charge is 0.472 e. The molecule has 0 amide bonds. The van der Waals surface area contributed by atoms with Crippen LogP contribution in [0.4, 0.5) is 0 Å². The lowest BCUT2D eigenvalue weighted by atomic mass is 10.1. The van der Waals surface area contributed by atoms with E-state index in [-0.39, 0.29) is 13.0 Å². The Morgan fingerprint density at radius 2 is 0.965 bits per heavy atom. The van der Waals surface area contributed by atoms with Crippen LogP contribution in [0.25, 0.3) is 0 Å². The van der Waals surface area contributed by atoms with Crippen molar-refractivity contribution in [3.63, 3.8) is 0 Å². The summed E-state index contributed by atoms with van der Waals surface area (Å²) in [6.45, 7) is 3.48. The summed E-state index contributed by atoms with van der Waals surface area (Å²) in [4.78, 5) is 33.4. The number of ether oxygens (including phenoxy) is 2. The Morgan fingerprint density at radius 3 is 1.44 bits per heavy atom. The van der Waals surface area contributed by atoms with Crippen LogP contribution in [0, 0.1) is 0 Å². The number of hydrogen-bond donors (Lipinski definition) is 3. The molecule has 0 aromatic carbocycles. The molecular formula is C46H74NO9P. The first kappa shape index (κ1) is 53.6. The van der Waals surface area contributed by atoms with E-state index in [0.29, 0.717) is 13.0 Å². The predicted octanol–water partition coefficient (Wildman–Crippen LogP) is 11.5. The standard InChI is InChI=1S/C46H74NO9P/c1-3-5-7-9-11-13-15-17-18-19-20-21-22-23-24-25-27-29-31-33-35-37-39-53-40-43(41-54-57(51,52)55-42-44(47)46(49)50)56-45(48)38-36-34-32-30-28-26-16-14-12-10-8-6-4-2/h5-8,11-14,17-18,20-21,23-24,26,28,32,34,43-44H,3-4,9-10,15-16,19,22,25,27,29-31,33,35-42,47H2,1-2H3,(H,49,50)(H,51,52)/b7-5-,8-6-,13-11-,14-12-,18-17-,21-20-,24-23-,28-26-,34-32-. The molecule has 4 N–H and O–H groups in total. The second-order valence-electron chi connectivity index (χ2n) is 13.3. The summed E-state index contributed by atoms with van der Waals surface area (Å²) in [6.07, 6.45) is 54.5. The molecule has 0 aliphatic heterocycles. The normalized spacial score (nSPS) is 15.0. The Kier molecular flexibility index (Phi) is 38.4. The Bertz CT molecular complexity index is 1310. The minimum atomic E-state index is -4.65. The molecule has 0 aromatic rings. The number of carbonyl (C=O) groups excluding carboxylic acids is 1. The monoisotopic (exact) mass is 816 g/mol. The van der Waals surface area contributed by atoms with Crippen molar-refractivity contribution in [1.82, 2.24) is 0 Å². The fraction of sp³-hybridized carbons (Fsp3) is 0.565. The van der Waals surface area contributed by atoms with Crippen molar-refractivity contribution in [3.8, 4) is 0 Å². The Morgan fingerprint density at radius 1 is 0.561 bits per heavy atom. The van der Waals surface area contributed by atoms with Crippen LogP contribution in [-0.2, 0) is 32.7 Å². The summed E-state index contributed by atoms with van der Waals surface area (Å²) in [7, 11) is -4.65. The number of rotatable bonds is 38. The summed E-state index contributed by atoms with van der Waals surface area (Å²) in [5.74, 6) is -1.88. The molecule has 0 aromatic heterocycles. The van der Waals surface area contributed by atoms with E-state index in [1.165, 1.54) is 6.42 Å². The van der Waals surface area contributed by atoms with Gasteiger partial charge in [-0.1, -0.05) is 149 Å². The lowest BCUT2D eigenvalue weighted by molar-refractivity contribution is -0.154. The van der Waals surface area contributed by atoms with Gasteiger partial charge in [-0.3, -0.25) is 18.6 Å². The maximum Gasteiger partial charge on any atom is 0.472 e. The van der Waals surface area contributed by atoms with E-state index >= 15 is 0 Å². The van der Waals surface area contributed by atoms with E-state index < -0.39 is 45.1 Å². The number of carbonyl (C=O) groups is 2. The quantitative estimate of drug-likeness (QED) is 0.0237. The molecule has 0 bridgehead atoms. The zero-order valence-corrected chi connectivity index (χ0v) is 35.8. The van der Waals surface area contributed by atoms with Crippen molar-refractivity contribution < 1.29 is 42.7 Å². The van der Waals surface area contributed by atoms with Crippen LogP contribution in [0.1, 0.15) is 129 Å². The summed E-state index contributed by atoms with van der Waals surface area (Å²) in [6, 6.07) is -1.49. The number of phosphoric acid groups is 1. The molecule has 0 aliphatic carbocycles. The Hall–Kier alpha value is -3.37. The van der Waals surface area contributed by atoms with Gasteiger partial charge in [0, 0.05) is 13.0 Å². The maximum absolute atomic E-state index is 12.6. The van der Waals surface area contributed by atoms with Gasteiger partial charge in [-0.25, -0.2) is 4.57 Å². The molecule has 0 rings (SSSR count). The number of nitrogens with two attached hydrogens (primary N) is 1. The van der Waals surface area contributed by atoms with Crippen LogP contribution >= 0.6 is 7.82 Å². The van der Waals surface area contributed by atoms with Crippen molar-refractivity contribution in [2.75, 3.05) is 26.4 Å². The van der Waals surface area contributed by atoms with Gasteiger partial charge in [-0.15, -0.1) is 0 Å². The SMILES string of the molecule is CC/C=C\C/C=C\C/C=C\C/C=C\C/C=C\CCCCCCCCOCC(COP(=O)(O)OCC(N)C(=O)O)OC(=O)CC/C=C\C/C=C\C/C=C\C/C=C\CC. The maximum atomic E-state index is 12.6. The van der Waals surface area contributed by atoms with Gasteiger partial charge < -0.3 is 25.2 Å². The number of unbranched alkanes of at least 4 members (excludes halogenated alkanes) is 6. The predicted molar refractivity (Wildman–Crippen MR) is 235 cm³/mol. The van der Waals surface area contributed by atoms with Crippen molar-refractivity contribution >= 4 is 19.8 Å². The van der Waals surface area contributed by atoms with E-state index in [4.69, 9.17) is 24.8 Å². The lowest BCUT2D eigenvalue weighted by Gasteiger charge is -2.20. The van der Waals surface area contributed by atoms with Gasteiger partial charge in [0.1, 0.15) is 12.1 Å². The third-order valence-corrected chi connectivity index (χ3v) is 9.01. The molecule has 0 spiro atoms. The van der Waals surface area contributed by atoms with E-state index in [2.05, 4.69) is 116 Å². The van der Waals surface area contributed by atoms with Crippen LogP contribution < -0.4 is 5.73 Å². The number of allylic oxidation sites excluding steroid dienone is 18. The molecule has 57 heavy (non-hydrogen) atoms. The average molecular weight is 816 g/mol. The number of carboxylic acid groups (broad SMARTS) is 1. The van der Waals surface area contributed by atoms with Crippen LogP contribution in [0.15, 0.2) is 109 Å². The van der Waals surface area contributed by atoms with Crippen molar-refractivity contribution in [3.05, 3.63) is 109 Å². The van der Waals surface area contributed by atoms with Crippen LogP contribution in [-0.4, -0.2) is 60.5 Å². The van der Waals surface area contributed by atoms with Crippen LogP contribution in [0.5, 0.6) is 0 Å². The first-order chi connectivity index (χ1) is 27.7. The number of phosphoric ester groups is 1. The molecular weight excluding hydrogens is 741 g/mol. The first-order valence-corrected chi connectivity index (χ1v) is 22.4. The minimum absolute atomic E-state index is 0.0302. The number of hydrogen-bond acceptors (Lipinski definition) is 8. The van der Waals surface area contributed by atoms with Crippen LogP contribution in [0.2, 0.25) is 0 Å². The van der Waals surface area contributed by atoms with E-state index in [1.807, 2.05) is 12.2 Å². The summed E-state index contributed by atoms with van der Waals surface area (Å²) in [5.41, 5.74) is 5.34.